The highest BCUT2D eigenvalue weighted by molar-refractivity contribution is 5.94. The van der Waals surface area contributed by atoms with Gasteiger partial charge in [-0.1, -0.05) is 30.3 Å². The summed E-state index contributed by atoms with van der Waals surface area (Å²) < 4.78 is 4.89. The minimum Gasteiger partial charge on any atom is -0.375 e. The van der Waals surface area contributed by atoms with Gasteiger partial charge in [-0.15, -0.1) is 0 Å². The van der Waals surface area contributed by atoms with E-state index in [0.29, 0.717) is 30.2 Å². The number of aromatic amines is 1. The van der Waals surface area contributed by atoms with Gasteiger partial charge in [0.1, 0.15) is 12.4 Å². The number of nitrogens with one attached hydrogen (secondary N) is 2. The van der Waals surface area contributed by atoms with Gasteiger partial charge in [-0.3, -0.25) is 19.7 Å². The van der Waals surface area contributed by atoms with Crippen molar-refractivity contribution in [2.45, 2.75) is 18.5 Å². The first-order chi connectivity index (χ1) is 14.7. The van der Waals surface area contributed by atoms with Gasteiger partial charge in [0.25, 0.3) is 5.91 Å². The molecule has 2 atom stereocenters. The molecule has 0 saturated carbocycles. The fraction of sp³-hybridized carbons (Fsp3) is 0.286. The first-order valence-electron chi connectivity index (χ1n) is 9.62. The molecule has 2 unspecified atom stereocenters. The highest BCUT2D eigenvalue weighted by atomic mass is 16.5. The molecular weight excluding hydrogens is 384 g/mol. The Morgan fingerprint density at radius 1 is 1.23 bits per heavy atom. The van der Waals surface area contributed by atoms with Crippen molar-refractivity contribution in [3.8, 4) is 11.4 Å². The average Bonchev–Trinajstić information content (AvgIpc) is 3.42. The Kier molecular flexibility index (Phi) is 5.80. The van der Waals surface area contributed by atoms with Crippen molar-refractivity contribution >= 4 is 11.8 Å². The SMILES string of the molecule is COCC(=O)NC1CC(c2nc(-c3ccccc3)n[nH]2)N(C(=O)c2cccnc2)C1. The van der Waals surface area contributed by atoms with Gasteiger partial charge in [-0.25, -0.2) is 4.98 Å². The lowest BCUT2D eigenvalue weighted by molar-refractivity contribution is -0.125. The van der Waals surface area contributed by atoms with Crippen LogP contribution < -0.4 is 5.32 Å². The van der Waals surface area contributed by atoms with E-state index in [1.165, 1.54) is 13.3 Å². The van der Waals surface area contributed by atoms with Crippen molar-refractivity contribution in [1.29, 1.82) is 0 Å². The van der Waals surface area contributed by atoms with Crippen LogP contribution in [0.5, 0.6) is 0 Å². The zero-order valence-electron chi connectivity index (χ0n) is 16.5. The number of rotatable bonds is 6. The number of carbonyl (C=O) groups excluding carboxylic acids is 2. The lowest BCUT2D eigenvalue weighted by atomic mass is 10.1. The van der Waals surface area contributed by atoms with Crippen LogP contribution in [0.1, 0.15) is 28.6 Å². The van der Waals surface area contributed by atoms with Crippen LogP contribution in [0.2, 0.25) is 0 Å². The molecule has 0 spiro atoms. The molecule has 1 aromatic carbocycles. The number of carbonyl (C=O) groups is 2. The van der Waals surface area contributed by atoms with Gasteiger partial charge in [-0.05, 0) is 18.6 Å². The van der Waals surface area contributed by atoms with Crippen molar-refractivity contribution in [1.82, 2.24) is 30.4 Å². The molecule has 3 aromatic rings. The van der Waals surface area contributed by atoms with E-state index < -0.39 is 0 Å². The van der Waals surface area contributed by atoms with Gasteiger partial charge >= 0.3 is 0 Å². The van der Waals surface area contributed by atoms with E-state index in [-0.39, 0.29) is 30.5 Å². The van der Waals surface area contributed by atoms with Gasteiger partial charge < -0.3 is 15.0 Å². The number of hydrogen-bond donors (Lipinski definition) is 2. The fourth-order valence-electron chi connectivity index (χ4n) is 3.62. The Morgan fingerprint density at radius 2 is 2.07 bits per heavy atom. The molecule has 1 saturated heterocycles. The molecule has 0 aliphatic carbocycles. The van der Waals surface area contributed by atoms with Crippen molar-refractivity contribution < 1.29 is 14.3 Å². The molecule has 154 valence electrons. The van der Waals surface area contributed by atoms with Crippen LogP contribution in [0, 0.1) is 0 Å². The molecule has 30 heavy (non-hydrogen) atoms. The number of hydrogen-bond acceptors (Lipinski definition) is 6. The highest BCUT2D eigenvalue weighted by Crippen LogP contribution is 2.32. The molecule has 0 radical (unpaired) electrons. The maximum Gasteiger partial charge on any atom is 0.256 e. The summed E-state index contributed by atoms with van der Waals surface area (Å²) in [4.78, 5) is 35.5. The van der Waals surface area contributed by atoms with E-state index in [1.807, 2.05) is 30.3 Å². The summed E-state index contributed by atoms with van der Waals surface area (Å²) in [6.07, 6.45) is 3.67. The number of methoxy groups -OCH3 is 1. The van der Waals surface area contributed by atoms with Gasteiger partial charge in [-0.2, -0.15) is 5.10 Å². The highest BCUT2D eigenvalue weighted by Gasteiger charge is 2.39. The van der Waals surface area contributed by atoms with Crippen LogP contribution in [0.25, 0.3) is 11.4 Å². The van der Waals surface area contributed by atoms with E-state index in [0.717, 1.165) is 5.56 Å². The molecule has 2 N–H and O–H groups in total. The second-order valence-electron chi connectivity index (χ2n) is 7.06. The largest absolute Gasteiger partial charge is 0.375 e. The number of nitrogens with zero attached hydrogens (tertiary/aromatic N) is 4. The number of amides is 2. The predicted octanol–water partition coefficient (Wildman–Crippen LogP) is 1.59. The number of ether oxygens (including phenoxy) is 1. The Labute approximate surface area is 173 Å². The normalized spacial score (nSPS) is 18.4. The minimum atomic E-state index is -0.351. The summed E-state index contributed by atoms with van der Waals surface area (Å²) in [6.45, 7) is 0.327. The van der Waals surface area contributed by atoms with Crippen LogP contribution in [-0.2, 0) is 9.53 Å². The summed E-state index contributed by atoms with van der Waals surface area (Å²) in [5, 5.41) is 10.2. The molecule has 1 aliphatic heterocycles. The van der Waals surface area contributed by atoms with Crippen LogP contribution in [-0.4, -0.2) is 63.2 Å². The van der Waals surface area contributed by atoms with Crippen molar-refractivity contribution in [3.05, 3.63) is 66.2 Å². The lowest BCUT2D eigenvalue weighted by Gasteiger charge is -2.22. The first kappa shape index (κ1) is 19.7. The molecule has 3 heterocycles. The third-order valence-electron chi connectivity index (χ3n) is 4.96. The number of benzene rings is 1. The Morgan fingerprint density at radius 3 is 2.80 bits per heavy atom. The van der Waals surface area contributed by atoms with Crippen molar-refractivity contribution in [3.63, 3.8) is 0 Å². The number of H-pyrrole nitrogens is 1. The molecule has 9 nitrogen and oxygen atoms in total. The standard InChI is InChI=1S/C21H22N6O3/c1-30-13-18(28)23-16-10-17(27(12-16)21(29)15-8-5-9-22-11-15)20-24-19(25-26-20)14-6-3-2-4-7-14/h2-9,11,16-17H,10,12-13H2,1H3,(H,23,28)(H,24,25,26). The van der Waals surface area contributed by atoms with Gasteiger partial charge in [0, 0.05) is 37.7 Å². The number of likely N-dealkylation sites (tertiary alicyclic amines) is 1. The lowest BCUT2D eigenvalue weighted by Crippen LogP contribution is -2.40. The minimum absolute atomic E-state index is 0.0296. The Hall–Kier alpha value is -3.59. The summed E-state index contributed by atoms with van der Waals surface area (Å²) in [7, 11) is 1.47. The number of aromatic nitrogens is 4. The zero-order chi connectivity index (χ0) is 20.9. The van der Waals surface area contributed by atoms with Gasteiger partial charge in [0.2, 0.25) is 5.91 Å². The first-order valence-corrected chi connectivity index (χ1v) is 9.62. The summed E-state index contributed by atoms with van der Waals surface area (Å²) >= 11 is 0. The summed E-state index contributed by atoms with van der Waals surface area (Å²) in [6, 6.07) is 12.5. The van der Waals surface area contributed by atoms with Gasteiger partial charge in [0.05, 0.1) is 11.6 Å². The maximum absolute atomic E-state index is 13.2. The third-order valence-corrected chi connectivity index (χ3v) is 4.96. The topological polar surface area (TPSA) is 113 Å². The van der Waals surface area contributed by atoms with E-state index in [9.17, 15) is 9.59 Å². The predicted molar refractivity (Wildman–Crippen MR) is 108 cm³/mol. The van der Waals surface area contributed by atoms with Gasteiger partial charge in [0.15, 0.2) is 5.82 Å². The summed E-state index contributed by atoms with van der Waals surface area (Å²) in [5.41, 5.74) is 1.36. The van der Waals surface area contributed by atoms with E-state index >= 15 is 0 Å². The molecule has 1 aliphatic rings. The Bertz CT molecular complexity index is 1010. The van der Waals surface area contributed by atoms with E-state index in [2.05, 4.69) is 25.5 Å². The molecular formula is C21H22N6O3. The maximum atomic E-state index is 13.2. The molecule has 9 heteroatoms. The molecule has 2 amide bonds. The molecule has 1 fully saturated rings. The average molecular weight is 406 g/mol. The Balaban J connectivity index is 1.60. The van der Waals surface area contributed by atoms with Crippen LogP contribution in [0.4, 0.5) is 0 Å². The smallest absolute Gasteiger partial charge is 0.256 e. The third kappa shape index (κ3) is 4.20. The second kappa shape index (κ2) is 8.83. The van der Waals surface area contributed by atoms with Crippen LogP contribution in [0.3, 0.4) is 0 Å². The fourth-order valence-corrected chi connectivity index (χ4v) is 3.62. The van der Waals surface area contributed by atoms with Crippen molar-refractivity contribution in [2.75, 3.05) is 20.3 Å². The van der Waals surface area contributed by atoms with E-state index in [4.69, 9.17) is 4.74 Å². The molecule has 4 rings (SSSR count). The quantitative estimate of drug-likeness (QED) is 0.643. The van der Waals surface area contributed by atoms with E-state index in [1.54, 1.807) is 23.2 Å². The second-order valence-corrected chi connectivity index (χ2v) is 7.06. The van der Waals surface area contributed by atoms with Crippen LogP contribution in [0.15, 0.2) is 54.9 Å². The summed E-state index contributed by atoms with van der Waals surface area (Å²) in [5.74, 6) is 0.745. The van der Waals surface area contributed by atoms with Crippen LogP contribution >= 0.6 is 0 Å². The zero-order valence-corrected chi connectivity index (χ0v) is 16.5. The number of pyridine rings is 1. The van der Waals surface area contributed by atoms with Crippen molar-refractivity contribution in [2.24, 2.45) is 0 Å². The monoisotopic (exact) mass is 406 g/mol. The molecule has 2 aromatic heterocycles. The molecule has 0 bridgehead atoms.